The van der Waals surface area contributed by atoms with Crippen LogP contribution in [0.2, 0.25) is 5.02 Å². The van der Waals surface area contributed by atoms with Crippen molar-refractivity contribution in [2.45, 2.75) is 0 Å². The molecule has 0 radical (unpaired) electrons. The van der Waals surface area contributed by atoms with Crippen LogP contribution in [0.5, 0.6) is 0 Å². The predicted molar refractivity (Wildman–Crippen MR) is 78.4 cm³/mol. The molecule has 0 saturated heterocycles. The molecule has 0 atom stereocenters. The van der Waals surface area contributed by atoms with Crippen LogP contribution >= 0.6 is 38.9 Å². The van der Waals surface area contributed by atoms with Gasteiger partial charge in [-0.2, -0.15) is 0 Å². The first kappa shape index (κ1) is 14.0. The Balaban J connectivity index is 2.26. The third-order valence-electron chi connectivity index (χ3n) is 2.30. The third-order valence-corrected chi connectivity index (χ3v) is 3.93. The summed E-state index contributed by atoms with van der Waals surface area (Å²) >= 11 is 10.4. The lowest BCUT2D eigenvalue weighted by molar-refractivity contribution is 0.0698. The Kier molecular flexibility index (Phi) is 4.24. The Morgan fingerprint density at radius 1 is 1.26 bits per heavy atom. The SMILES string of the molecule is O=C(Nc1sccc1C(=O)O)c1ccc(Br)cc1Cl. The molecule has 1 amide bonds. The van der Waals surface area contributed by atoms with Gasteiger partial charge in [-0.05, 0) is 29.6 Å². The largest absolute Gasteiger partial charge is 0.478 e. The van der Waals surface area contributed by atoms with Crippen LogP contribution in [0.15, 0.2) is 34.1 Å². The van der Waals surface area contributed by atoms with Gasteiger partial charge in [0, 0.05) is 4.47 Å². The number of amides is 1. The number of hydrogen-bond acceptors (Lipinski definition) is 3. The molecule has 1 heterocycles. The summed E-state index contributed by atoms with van der Waals surface area (Å²) in [5.74, 6) is -1.53. The standard InChI is InChI=1S/C12H7BrClNO3S/c13-6-1-2-7(9(14)5-6)10(16)15-11-8(12(17)18)3-4-19-11/h1-5H,(H,15,16)(H,17,18). The van der Waals surface area contributed by atoms with Crippen molar-refractivity contribution in [3.63, 3.8) is 0 Å². The summed E-state index contributed by atoms with van der Waals surface area (Å²) in [5.41, 5.74) is 0.348. The number of anilines is 1. The number of aromatic carboxylic acids is 1. The average Bonchev–Trinajstić information content (AvgIpc) is 2.76. The molecule has 19 heavy (non-hydrogen) atoms. The Bertz CT molecular complexity index is 656. The molecule has 0 fully saturated rings. The second-order valence-corrected chi connectivity index (χ2v) is 5.79. The van der Waals surface area contributed by atoms with Gasteiger partial charge < -0.3 is 10.4 Å². The van der Waals surface area contributed by atoms with Crippen LogP contribution in [0, 0.1) is 0 Å². The third kappa shape index (κ3) is 3.15. The Morgan fingerprint density at radius 2 is 2.00 bits per heavy atom. The van der Waals surface area contributed by atoms with E-state index < -0.39 is 11.9 Å². The zero-order valence-corrected chi connectivity index (χ0v) is 12.5. The van der Waals surface area contributed by atoms with Gasteiger partial charge in [0.05, 0.1) is 16.1 Å². The van der Waals surface area contributed by atoms with Crippen molar-refractivity contribution in [3.05, 3.63) is 50.3 Å². The van der Waals surface area contributed by atoms with Crippen molar-refractivity contribution in [3.8, 4) is 0 Å². The van der Waals surface area contributed by atoms with Gasteiger partial charge in [0.25, 0.3) is 5.91 Å². The lowest BCUT2D eigenvalue weighted by atomic mass is 10.2. The molecule has 7 heteroatoms. The van der Waals surface area contributed by atoms with Gasteiger partial charge in [0.2, 0.25) is 0 Å². The summed E-state index contributed by atoms with van der Waals surface area (Å²) in [6, 6.07) is 6.29. The second kappa shape index (κ2) is 5.73. The first-order chi connectivity index (χ1) is 8.99. The van der Waals surface area contributed by atoms with Crippen LogP contribution in [-0.4, -0.2) is 17.0 Å². The number of carboxylic acids is 1. The van der Waals surface area contributed by atoms with Crippen LogP contribution in [0.3, 0.4) is 0 Å². The Labute approximate surface area is 126 Å². The maximum absolute atomic E-state index is 12.0. The van der Waals surface area contributed by atoms with Gasteiger partial charge in [-0.1, -0.05) is 27.5 Å². The molecular weight excluding hydrogens is 354 g/mol. The summed E-state index contributed by atoms with van der Waals surface area (Å²) in [6.45, 7) is 0. The molecule has 1 aromatic heterocycles. The molecule has 0 unspecified atom stereocenters. The number of hydrogen-bond donors (Lipinski definition) is 2. The van der Waals surface area contributed by atoms with E-state index in [2.05, 4.69) is 21.2 Å². The highest BCUT2D eigenvalue weighted by Gasteiger charge is 2.16. The van der Waals surface area contributed by atoms with Crippen molar-refractivity contribution in [2.24, 2.45) is 0 Å². The van der Waals surface area contributed by atoms with E-state index in [9.17, 15) is 9.59 Å². The van der Waals surface area contributed by atoms with E-state index in [1.54, 1.807) is 23.6 Å². The predicted octanol–water partition coefficient (Wildman–Crippen LogP) is 4.11. The fraction of sp³-hybridized carbons (Fsp3) is 0. The van der Waals surface area contributed by atoms with Crippen molar-refractivity contribution < 1.29 is 14.7 Å². The quantitative estimate of drug-likeness (QED) is 0.865. The van der Waals surface area contributed by atoms with E-state index in [1.807, 2.05) is 0 Å². The zero-order valence-electron chi connectivity index (χ0n) is 9.31. The first-order valence-electron chi connectivity index (χ1n) is 5.06. The van der Waals surface area contributed by atoms with Gasteiger partial charge in [-0.15, -0.1) is 11.3 Å². The van der Waals surface area contributed by atoms with Crippen molar-refractivity contribution in [2.75, 3.05) is 5.32 Å². The minimum Gasteiger partial charge on any atom is -0.478 e. The van der Waals surface area contributed by atoms with E-state index in [-0.39, 0.29) is 16.1 Å². The monoisotopic (exact) mass is 359 g/mol. The van der Waals surface area contributed by atoms with Crippen molar-refractivity contribution >= 4 is 55.7 Å². The number of rotatable bonds is 3. The van der Waals surface area contributed by atoms with E-state index >= 15 is 0 Å². The van der Waals surface area contributed by atoms with Gasteiger partial charge in [0.1, 0.15) is 5.00 Å². The molecular formula is C12H7BrClNO3S. The number of carbonyl (C=O) groups is 2. The molecule has 0 spiro atoms. The average molecular weight is 361 g/mol. The van der Waals surface area contributed by atoms with E-state index in [1.165, 1.54) is 6.07 Å². The lowest BCUT2D eigenvalue weighted by Crippen LogP contribution is -2.13. The minimum absolute atomic E-state index is 0.0617. The molecule has 0 aliphatic carbocycles. The molecule has 0 saturated carbocycles. The second-order valence-electron chi connectivity index (χ2n) is 3.55. The lowest BCUT2D eigenvalue weighted by Gasteiger charge is -2.06. The summed E-state index contributed by atoms with van der Waals surface area (Å²) in [5, 5.41) is 13.7. The Hall–Kier alpha value is -1.37. The number of carboxylic acid groups (broad SMARTS) is 1. The number of nitrogens with one attached hydrogen (secondary N) is 1. The molecule has 1 aromatic carbocycles. The van der Waals surface area contributed by atoms with Crippen molar-refractivity contribution in [1.29, 1.82) is 0 Å². The molecule has 98 valence electrons. The smallest absolute Gasteiger partial charge is 0.338 e. The van der Waals surface area contributed by atoms with E-state index in [4.69, 9.17) is 16.7 Å². The minimum atomic E-state index is -1.08. The highest BCUT2D eigenvalue weighted by Crippen LogP contribution is 2.26. The van der Waals surface area contributed by atoms with Gasteiger partial charge >= 0.3 is 5.97 Å². The fourth-order valence-electron chi connectivity index (χ4n) is 1.42. The van der Waals surface area contributed by atoms with Crippen LogP contribution in [0.4, 0.5) is 5.00 Å². The van der Waals surface area contributed by atoms with Gasteiger partial charge in [0.15, 0.2) is 0 Å². The normalized spacial score (nSPS) is 10.2. The summed E-state index contributed by atoms with van der Waals surface area (Å²) < 4.78 is 0.761. The molecule has 0 aliphatic heterocycles. The molecule has 0 bridgehead atoms. The molecule has 2 N–H and O–H groups in total. The number of carbonyl (C=O) groups excluding carboxylic acids is 1. The van der Waals surface area contributed by atoms with Gasteiger partial charge in [-0.25, -0.2) is 4.79 Å². The molecule has 4 nitrogen and oxygen atoms in total. The summed E-state index contributed by atoms with van der Waals surface area (Å²) in [4.78, 5) is 23.0. The van der Waals surface area contributed by atoms with Crippen LogP contribution in [0.1, 0.15) is 20.7 Å². The summed E-state index contributed by atoms with van der Waals surface area (Å²) in [7, 11) is 0. The molecule has 0 aliphatic rings. The number of halogens is 2. The van der Waals surface area contributed by atoms with Crippen LogP contribution < -0.4 is 5.32 Å². The van der Waals surface area contributed by atoms with Crippen LogP contribution in [-0.2, 0) is 0 Å². The zero-order chi connectivity index (χ0) is 14.0. The van der Waals surface area contributed by atoms with Crippen LogP contribution in [0.25, 0.3) is 0 Å². The fourth-order valence-corrected chi connectivity index (χ4v) is 2.95. The highest BCUT2D eigenvalue weighted by atomic mass is 79.9. The van der Waals surface area contributed by atoms with E-state index in [0.29, 0.717) is 5.02 Å². The number of benzene rings is 1. The highest BCUT2D eigenvalue weighted by molar-refractivity contribution is 9.10. The molecule has 2 aromatic rings. The van der Waals surface area contributed by atoms with Gasteiger partial charge in [-0.3, -0.25) is 4.79 Å². The maximum atomic E-state index is 12.0. The maximum Gasteiger partial charge on any atom is 0.338 e. The van der Waals surface area contributed by atoms with Crippen molar-refractivity contribution in [1.82, 2.24) is 0 Å². The summed E-state index contributed by atoms with van der Waals surface area (Å²) in [6.07, 6.45) is 0. The topological polar surface area (TPSA) is 66.4 Å². The first-order valence-corrected chi connectivity index (χ1v) is 7.11. The Morgan fingerprint density at radius 3 is 2.63 bits per heavy atom. The number of thiophene rings is 1. The molecule has 2 rings (SSSR count). The van der Waals surface area contributed by atoms with E-state index in [0.717, 1.165) is 15.8 Å².